The van der Waals surface area contributed by atoms with Gasteiger partial charge in [-0.1, -0.05) is 6.92 Å². The highest BCUT2D eigenvalue weighted by atomic mass is 16.6. The van der Waals surface area contributed by atoms with Gasteiger partial charge in [0.05, 0.1) is 6.61 Å². The van der Waals surface area contributed by atoms with Crippen LogP contribution in [0.25, 0.3) is 0 Å². The van der Waals surface area contributed by atoms with Crippen LogP contribution in [0.1, 0.15) is 40.5 Å². The third-order valence-corrected chi connectivity index (χ3v) is 2.93. The lowest BCUT2D eigenvalue weighted by Gasteiger charge is -2.28. The Labute approximate surface area is 128 Å². The van der Waals surface area contributed by atoms with Crippen LogP contribution >= 0.6 is 0 Å². The van der Waals surface area contributed by atoms with Gasteiger partial charge in [-0.2, -0.15) is 0 Å². The summed E-state index contributed by atoms with van der Waals surface area (Å²) in [5, 5.41) is 12.2. The molecule has 2 N–H and O–H groups in total. The van der Waals surface area contributed by atoms with Crippen LogP contribution in [0.5, 0.6) is 0 Å². The number of aliphatic hydroxyl groups excluding tert-OH is 1. The standard InChI is InChI=1S/C15H31NO5/c1-14(2,3)21-13(18)16-11-15(4,12-17)7-10-20-9-6-8-19-5/h17H,6-12H2,1-5H3,(H,16,18). The predicted octanol–water partition coefficient (Wildman–Crippen LogP) is 1.95. The lowest BCUT2D eigenvalue weighted by molar-refractivity contribution is 0.0389. The summed E-state index contributed by atoms with van der Waals surface area (Å²) < 4.78 is 15.6. The minimum Gasteiger partial charge on any atom is -0.444 e. The fourth-order valence-corrected chi connectivity index (χ4v) is 1.55. The largest absolute Gasteiger partial charge is 0.444 e. The van der Waals surface area contributed by atoms with Gasteiger partial charge in [-0.3, -0.25) is 0 Å². The molecule has 0 aromatic rings. The molecule has 0 heterocycles. The van der Waals surface area contributed by atoms with E-state index in [0.29, 0.717) is 32.8 Å². The zero-order valence-corrected chi connectivity index (χ0v) is 14.0. The number of carbonyl (C=O) groups excluding carboxylic acids is 1. The molecule has 0 aliphatic heterocycles. The molecule has 0 fully saturated rings. The van der Waals surface area contributed by atoms with E-state index in [0.717, 1.165) is 6.42 Å². The van der Waals surface area contributed by atoms with Crippen LogP contribution in [0.4, 0.5) is 4.79 Å². The van der Waals surface area contributed by atoms with Gasteiger partial charge in [0.2, 0.25) is 0 Å². The highest BCUT2D eigenvalue weighted by Gasteiger charge is 2.25. The average Bonchev–Trinajstić information content (AvgIpc) is 2.39. The van der Waals surface area contributed by atoms with E-state index in [4.69, 9.17) is 14.2 Å². The molecule has 0 aliphatic rings. The van der Waals surface area contributed by atoms with Gasteiger partial charge in [-0.15, -0.1) is 0 Å². The third-order valence-electron chi connectivity index (χ3n) is 2.93. The zero-order valence-electron chi connectivity index (χ0n) is 14.0. The first-order chi connectivity index (χ1) is 9.72. The number of methoxy groups -OCH3 is 1. The summed E-state index contributed by atoms with van der Waals surface area (Å²) >= 11 is 0. The van der Waals surface area contributed by atoms with Crippen molar-refractivity contribution in [3.05, 3.63) is 0 Å². The van der Waals surface area contributed by atoms with E-state index in [1.54, 1.807) is 7.11 Å². The maximum Gasteiger partial charge on any atom is 0.407 e. The van der Waals surface area contributed by atoms with Crippen LogP contribution in [-0.4, -0.2) is 56.9 Å². The second-order valence-electron chi connectivity index (χ2n) is 6.53. The van der Waals surface area contributed by atoms with Crippen molar-refractivity contribution >= 4 is 6.09 Å². The zero-order chi connectivity index (χ0) is 16.4. The Kier molecular flexibility index (Phi) is 9.57. The van der Waals surface area contributed by atoms with E-state index >= 15 is 0 Å². The fraction of sp³-hybridized carbons (Fsp3) is 0.933. The summed E-state index contributed by atoms with van der Waals surface area (Å²) in [6.07, 6.45) is 1.04. The monoisotopic (exact) mass is 305 g/mol. The molecule has 0 saturated carbocycles. The predicted molar refractivity (Wildman–Crippen MR) is 81.4 cm³/mol. The molecule has 0 aliphatic carbocycles. The van der Waals surface area contributed by atoms with Gasteiger partial charge in [-0.25, -0.2) is 4.79 Å². The Bertz CT molecular complexity index is 290. The summed E-state index contributed by atoms with van der Waals surface area (Å²) in [5.41, 5.74) is -0.942. The van der Waals surface area contributed by atoms with Crippen molar-refractivity contribution in [2.75, 3.05) is 40.1 Å². The molecule has 6 heteroatoms. The third kappa shape index (κ3) is 11.5. The minimum atomic E-state index is -0.524. The highest BCUT2D eigenvalue weighted by molar-refractivity contribution is 5.67. The molecule has 0 aromatic heterocycles. The normalized spacial score (nSPS) is 14.6. The van der Waals surface area contributed by atoms with Gasteiger partial charge < -0.3 is 24.6 Å². The van der Waals surface area contributed by atoms with Crippen LogP contribution in [-0.2, 0) is 14.2 Å². The Hall–Kier alpha value is -0.850. The molecule has 6 nitrogen and oxygen atoms in total. The Morgan fingerprint density at radius 2 is 1.81 bits per heavy atom. The van der Waals surface area contributed by atoms with E-state index in [-0.39, 0.29) is 6.61 Å². The smallest absolute Gasteiger partial charge is 0.407 e. The number of hydrogen-bond donors (Lipinski definition) is 2. The summed E-state index contributed by atoms with van der Waals surface area (Å²) in [6, 6.07) is 0. The van der Waals surface area contributed by atoms with E-state index < -0.39 is 17.1 Å². The number of nitrogens with one attached hydrogen (secondary N) is 1. The Morgan fingerprint density at radius 1 is 1.14 bits per heavy atom. The average molecular weight is 305 g/mol. The van der Waals surface area contributed by atoms with Crippen molar-refractivity contribution in [2.24, 2.45) is 5.41 Å². The van der Waals surface area contributed by atoms with Crippen molar-refractivity contribution < 1.29 is 24.1 Å². The van der Waals surface area contributed by atoms with E-state index in [2.05, 4.69) is 5.32 Å². The van der Waals surface area contributed by atoms with Crippen LogP contribution in [0, 0.1) is 5.41 Å². The second-order valence-corrected chi connectivity index (χ2v) is 6.53. The number of carbonyl (C=O) groups is 1. The lowest BCUT2D eigenvalue weighted by Crippen LogP contribution is -2.41. The molecular weight excluding hydrogens is 274 g/mol. The van der Waals surface area contributed by atoms with Crippen molar-refractivity contribution in [1.29, 1.82) is 0 Å². The maximum absolute atomic E-state index is 11.6. The highest BCUT2D eigenvalue weighted by Crippen LogP contribution is 2.19. The lowest BCUT2D eigenvalue weighted by atomic mass is 9.88. The topological polar surface area (TPSA) is 77.0 Å². The number of alkyl carbamates (subject to hydrolysis) is 1. The first kappa shape index (κ1) is 20.1. The number of amides is 1. The quantitative estimate of drug-likeness (QED) is 0.603. The molecule has 1 unspecified atom stereocenters. The Morgan fingerprint density at radius 3 is 2.33 bits per heavy atom. The molecular formula is C15H31NO5. The van der Waals surface area contributed by atoms with Crippen LogP contribution in [0.3, 0.4) is 0 Å². The SMILES string of the molecule is COCCCOCCC(C)(CO)CNC(=O)OC(C)(C)C. The molecule has 126 valence electrons. The number of aliphatic hydroxyl groups is 1. The molecule has 1 amide bonds. The van der Waals surface area contributed by atoms with Gasteiger partial charge in [0, 0.05) is 38.9 Å². The summed E-state index contributed by atoms with van der Waals surface area (Å²) in [6.45, 7) is 9.51. The van der Waals surface area contributed by atoms with E-state index in [1.807, 2.05) is 27.7 Å². The van der Waals surface area contributed by atoms with E-state index in [9.17, 15) is 9.90 Å². The van der Waals surface area contributed by atoms with Gasteiger partial charge in [0.1, 0.15) is 5.60 Å². The first-order valence-electron chi connectivity index (χ1n) is 7.37. The van der Waals surface area contributed by atoms with Crippen LogP contribution < -0.4 is 5.32 Å². The Balaban J connectivity index is 3.96. The minimum absolute atomic E-state index is 0.0236. The number of ether oxygens (including phenoxy) is 3. The maximum atomic E-state index is 11.6. The molecule has 0 saturated heterocycles. The van der Waals surface area contributed by atoms with Gasteiger partial charge in [-0.05, 0) is 33.6 Å². The van der Waals surface area contributed by atoms with Crippen molar-refractivity contribution in [2.45, 2.75) is 46.1 Å². The molecule has 0 radical (unpaired) electrons. The molecule has 0 rings (SSSR count). The molecule has 21 heavy (non-hydrogen) atoms. The van der Waals surface area contributed by atoms with Gasteiger partial charge in [0.15, 0.2) is 0 Å². The first-order valence-corrected chi connectivity index (χ1v) is 7.37. The number of hydrogen-bond acceptors (Lipinski definition) is 5. The molecule has 1 atom stereocenters. The fourth-order valence-electron chi connectivity index (χ4n) is 1.55. The van der Waals surface area contributed by atoms with Crippen molar-refractivity contribution in [3.8, 4) is 0 Å². The van der Waals surface area contributed by atoms with Gasteiger partial charge >= 0.3 is 6.09 Å². The van der Waals surface area contributed by atoms with Crippen molar-refractivity contribution in [3.63, 3.8) is 0 Å². The van der Waals surface area contributed by atoms with Crippen LogP contribution in [0.15, 0.2) is 0 Å². The van der Waals surface area contributed by atoms with Gasteiger partial charge in [0.25, 0.3) is 0 Å². The summed E-state index contributed by atoms with van der Waals surface area (Å²) in [4.78, 5) is 11.6. The van der Waals surface area contributed by atoms with Crippen LogP contribution in [0.2, 0.25) is 0 Å². The molecule has 0 spiro atoms. The van der Waals surface area contributed by atoms with E-state index in [1.165, 1.54) is 0 Å². The molecule has 0 aromatic carbocycles. The molecule has 0 bridgehead atoms. The van der Waals surface area contributed by atoms with Crippen molar-refractivity contribution in [1.82, 2.24) is 5.32 Å². The summed E-state index contributed by atoms with van der Waals surface area (Å²) in [5.74, 6) is 0. The summed E-state index contributed by atoms with van der Waals surface area (Å²) in [7, 11) is 1.66. The number of rotatable bonds is 10. The second kappa shape index (κ2) is 9.97.